The number of benzene rings is 1. The minimum absolute atomic E-state index is 0.287. The van der Waals surface area contributed by atoms with Gasteiger partial charge in [-0.15, -0.1) is 16.4 Å². The smallest absolute Gasteiger partial charge is 0.248 e. The number of hydrogen-bond acceptors (Lipinski definition) is 7. The number of nitrogens with zero attached hydrogens (tertiary/aromatic N) is 4. The molecule has 0 aliphatic carbocycles. The van der Waals surface area contributed by atoms with Crippen LogP contribution < -0.4 is 15.8 Å². The van der Waals surface area contributed by atoms with Gasteiger partial charge in [0.2, 0.25) is 17.0 Å². The van der Waals surface area contributed by atoms with Crippen molar-refractivity contribution in [2.24, 2.45) is 0 Å². The van der Waals surface area contributed by atoms with Crippen molar-refractivity contribution >= 4 is 28.9 Å². The van der Waals surface area contributed by atoms with Gasteiger partial charge < -0.3 is 15.8 Å². The Hall–Kier alpha value is -2.61. The zero-order valence-corrected chi connectivity index (χ0v) is 12.4. The van der Waals surface area contributed by atoms with Crippen LogP contribution in [0.5, 0.6) is 5.75 Å². The second-order valence-corrected chi connectivity index (χ2v) is 5.53. The first kappa shape index (κ1) is 13.4. The Kier molecular flexibility index (Phi) is 3.44. The molecule has 8 heteroatoms. The van der Waals surface area contributed by atoms with Crippen LogP contribution in [-0.4, -0.2) is 26.9 Å². The molecule has 0 saturated carbocycles. The fourth-order valence-electron chi connectivity index (χ4n) is 1.79. The number of aromatic nitrogens is 4. The van der Waals surface area contributed by atoms with Crippen molar-refractivity contribution in [2.75, 3.05) is 18.2 Å². The molecule has 21 heavy (non-hydrogen) atoms. The zero-order chi connectivity index (χ0) is 14.8. The molecule has 0 unspecified atom stereocenters. The van der Waals surface area contributed by atoms with E-state index in [0.717, 1.165) is 16.3 Å². The predicted octanol–water partition coefficient (Wildman–Crippen LogP) is 2.37. The van der Waals surface area contributed by atoms with Gasteiger partial charge in [-0.25, -0.2) is 4.98 Å². The van der Waals surface area contributed by atoms with Crippen molar-refractivity contribution in [3.05, 3.63) is 35.3 Å². The summed E-state index contributed by atoms with van der Waals surface area (Å²) in [6.45, 7) is 1.98. The molecule has 0 radical (unpaired) electrons. The van der Waals surface area contributed by atoms with E-state index in [-0.39, 0.29) is 5.95 Å². The second kappa shape index (κ2) is 5.41. The molecule has 3 rings (SSSR count). The molecule has 3 aromatic rings. The molecule has 108 valence electrons. The highest BCUT2D eigenvalue weighted by Gasteiger charge is 2.11. The fourth-order valence-corrected chi connectivity index (χ4v) is 2.51. The van der Waals surface area contributed by atoms with Crippen LogP contribution in [-0.2, 0) is 0 Å². The lowest BCUT2D eigenvalue weighted by atomic mass is 10.3. The molecule has 0 aliphatic rings. The third kappa shape index (κ3) is 2.79. The van der Waals surface area contributed by atoms with Crippen LogP contribution in [0, 0.1) is 6.92 Å². The van der Waals surface area contributed by atoms with Gasteiger partial charge in [-0.05, 0) is 19.1 Å². The zero-order valence-electron chi connectivity index (χ0n) is 11.6. The number of nitrogens with one attached hydrogen (secondary N) is 1. The van der Waals surface area contributed by atoms with Crippen molar-refractivity contribution in [3.8, 4) is 10.9 Å². The molecule has 3 N–H and O–H groups in total. The van der Waals surface area contributed by atoms with Gasteiger partial charge in [-0.1, -0.05) is 6.07 Å². The standard InChI is InChI=1S/C13H14N6OS/c1-8-7-15-13(21-8)19-11(14)17-12(18-19)16-9-4-3-5-10(6-9)20-2/h3-7H,1-2H3,(H3,14,16,17,18). The number of thiazole rings is 1. The van der Waals surface area contributed by atoms with Gasteiger partial charge in [0.15, 0.2) is 0 Å². The molecular weight excluding hydrogens is 288 g/mol. The number of ether oxygens (including phenoxy) is 1. The lowest BCUT2D eigenvalue weighted by Gasteiger charge is -2.04. The lowest BCUT2D eigenvalue weighted by molar-refractivity contribution is 0.415. The first-order valence-electron chi connectivity index (χ1n) is 6.22. The average Bonchev–Trinajstić information content (AvgIpc) is 3.05. The topological polar surface area (TPSA) is 90.9 Å². The van der Waals surface area contributed by atoms with E-state index in [4.69, 9.17) is 10.5 Å². The fraction of sp³-hybridized carbons (Fsp3) is 0.154. The molecule has 2 aromatic heterocycles. The van der Waals surface area contributed by atoms with Crippen LogP contribution in [0.4, 0.5) is 17.6 Å². The quantitative estimate of drug-likeness (QED) is 0.769. The number of methoxy groups -OCH3 is 1. The van der Waals surface area contributed by atoms with Crippen molar-refractivity contribution in [3.63, 3.8) is 0 Å². The first-order chi connectivity index (χ1) is 10.2. The van der Waals surface area contributed by atoms with Gasteiger partial charge in [0.05, 0.1) is 7.11 Å². The highest BCUT2D eigenvalue weighted by molar-refractivity contribution is 7.14. The number of nitrogens with two attached hydrogens (primary N) is 1. The lowest BCUT2D eigenvalue weighted by Crippen LogP contribution is -2.01. The van der Waals surface area contributed by atoms with Crippen molar-refractivity contribution in [1.29, 1.82) is 0 Å². The van der Waals surface area contributed by atoms with Gasteiger partial charge in [0, 0.05) is 22.8 Å². The molecule has 0 spiro atoms. The van der Waals surface area contributed by atoms with E-state index in [2.05, 4.69) is 20.4 Å². The highest BCUT2D eigenvalue weighted by atomic mass is 32.1. The van der Waals surface area contributed by atoms with E-state index in [0.29, 0.717) is 11.1 Å². The number of hydrogen-bond donors (Lipinski definition) is 2. The normalized spacial score (nSPS) is 10.6. The monoisotopic (exact) mass is 302 g/mol. The molecule has 0 aliphatic heterocycles. The van der Waals surface area contributed by atoms with E-state index < -0.39 is 0 Å². The Morgan fingerprint density at radius 3 is 2.95 bits per heavy atom. The van der Waals surface area contributed by atoms with E-state index in [1.54, 1.807) is 13.3 Å². The van der Waals surface area contributed by atoms with Gasteiger partial charge in [-0.3, -0.25) is 0 Å². The Morgan fingerprint density at radius 1 is 1.38 bits per heavy atom. The summed E-state index contributed by atoms with van der Waals surface area (Å²) in [6, 6.07) is 7.49. The summed E-state index contributed by atoms with van der Waals surface area (Å²) in [4.78, 5) is 9.52. The van der Waals surface area contributed by atoms with Crippen molar-refractivity contribution < 1.29 is 4.74 Å². The average molecular weight is 302 g/mol. The molecule has 0 bridgehead atoms. The highest BCUT2D eigenvalue weighted by Crippen LogP contribution is 2.22. The maximum atomic E-state index is 5.88. The summed E-state index contributed by atoms with van der Waals surface area (Å²) in [5, 5.41) is 8.10. The molecule has 0 fully saturated rings. The SMILES string of the molecule is COc1cccc(Nc2nc(N)n(-c3ncc(C)s3)n2)c1. The Labute approximate surface area is 125 Å². The number of rotatable bonds is 4. The molecule has 2 heterocycles. The number of aryl methyl sites for hydroxylation is 1. The van der Waals surface area contributed by atoms with Crippen LogP contribution >= 0.6 is 11.3 Å². The third-order valence-corrected chi connectivity index (χ3v) is 3.64. The van der Waals surface area contributed by atoms with Crippen LogP contribution in [0.1, 0.15) is 4.88 Å². The van der Waals surface area contributed by atoms with Gasteiger partial charge in [-0.2, -0.15) is 9.67 Å². The molecule has 0 amide bonds. The maximum absolute atomic E-state index is 5.88. The Balaban J connectivity index is 1.87. The van der Waals surface area contributed by atoms with E-state index in [1.165, 1.54) is 16.0 Å². The van der Waals surface area contributed by atoms with E-state index >= 15 is 0 Å². The second-order valence-electron chi connectivity index (χ2n) is 4.32. The summed E-state index contributed by atoms with van der Waals surface area (Å²) < 4.78 is 6.69. The molecule has 0 saturated heterocycles. The number of anilines is 3. The molecular formula is C13H14N6OS. The summed E-state index contributed by atoms with van der Waals surface area (Å²) in [7, 11) is 1.62. The van der Waals surface area contributed by atoms with E-state index in [1.807, 2.05) is 31.2 Å². The molecule has 1 aromatic carbocycles. The summed E-state index contributed by atoms with van der Waals surface area (Å²) in [5.74, 6) is 1.45. The molecule has 7 nitrogen and oxygen atoms in total. The van der Waals surface area contributed by atoms with Gasteiger partial charge >= 0.3 is 0 Å². The van der Waals surface area contributed by atoms with Crippen LogP contribution in [0.25, 0.3) is 5.13 Å². The largest absolute Gasteiger partial charge is 0.497 e. The number of nitrogen functional groups attached to an aromatic ring is 1. The van der Waals surface area contributed by atoms with Gasteiger partial charge in [0.25, 0.3) is 0 Å². The predicted molar refractivity (Wildman–Crippen MR) is 82.5 cm³/mol. The molecule has 0 atom stereocenters. The van der Waals surface area contributed by atoms with Crippen LogP contribution in [0.2, 0.25) is 0 Å². The van der Waals surface area contributed by atoms with Crippen LogP contribution in [0.15, 0.2) is 30.5 Å². The van der Waals surface area contributed by atoms with Crippen LogP contribution in [0.3, 0.4) is 0 Å². The summed E-state index contributed by atoms with van der Waals surface area (Å²) >= 11 is 1.50. The third-order valence-electron chi connectivity index (χ3n) is 2.75. The Morgan fingerprint density at radius 2 is 2.24 bits per heavy atom. The van der Waals surface area contributed by atoms with Gasteiger partial charge in [0.1, 0.15) is 5.75 Å². The van der Waals surface area contributed by atoms with Crippen molar-refractivity contribution in [2.45, 2.75) is 6.92 Å². The summed E-state index contributed by atoms with van der Waals surface area (Å²) in [5.41, 5.74) is 6.70. The minimum Gasteiger partial charge on any atom is -0.497 e. The first-order valence-corrected chi connectivity index (χ1v) is 7.04. The minimum atomic E-state index is 0.287. The maximum Gasteiger partial charge on any atom is 0.248 e. The van der Waals surface area contributed by atoms with E-state index in [9.17, 15) is 0 Å². The Bertz CT molecular complexity index is 766. The van der Waals surface area contributed by atoms with Crippen molar-refractivity contribution in [1.82, 2.24) is 19.7 Å². The summed E-state index contributed by atoms with van der Waals surface area (Å²) in [6.07, 6.45) is 1.77.